The Bertz CT molecular complexity index is 202. The predicted octanol–water partition coefficient (Wildman–Crippen LogP) is 2.31. The first-order chi connectivity index (χ1) is 6.30. The van der Waals surface area contributed by atoms with E-state index in [1.807, 2.05) is 0 Å². The van der Waals surface area contributed by atoms with Crippen LogP contribution in [0, 0.1) is 5.41 Å². The van der Waals surface area contributed by atoms with Crippen molar-refractivity contribution in [2.45, 2.75) is 57.7 Å². The molecule has 2 heterocycles. The molecule has 0 aromatic heterocycles. The highest BCUT2D eigenvalue weighted by molar-refractivity contribution is 5.61. The van der Waals surface area contributed by atoms with Gasteiger partial charge in [-0.15, -0.1) is 0 Å². The van der Waals surface area contributed by atoms with Gasteiger partial charge >= 0.3 is 0 Å². The second kappa shape index (κ2) is 3.41. The molecule has 2 aliphatic heterocycles. The minimum absolute atomic E-state index is 0.0983. The smallest absolute Gasteiger partial charge is 0.128 e. The summed E-state index contributed by atoms with van der Waals surface area (Å²) in [5, 5.41) is 0. The van der Waals surface area contributed by atoms with E-state index < -0.39 is 0 Å². The van der Waals surface area contributed by atoms with Gasteiger partial charge in [-0.05, 0) is 25.7 Å². The van der Waals surface area contributed by atoms with Crippen LogP contribution in [-0.4, -0.2) is 18.5 Å². The van der Waals surface area contributed by atoms with Gasteiger partial charge in [0.15, 0.2) is 0 Å². The first-order valence-electron chi connectivity index (χ1n) is 5.42. The number of ether oxygens (including phenoxy) is 1. The molecule has 2 aliphatic rings. The van der Waals surface area contributed by atoms with Crippen LogP contribution in [0.25, 0.3) is 0 Å². The summed E-state index contributed by atoms with van der Waals surface area (Å²) >= 11 is 0. The largest absolute Gasteiger partial charge is 0.374 e. The number of carbonyl (C=O) groups excluding carboxylic acids is 1. The zero-order chi connectivity index (χ0) is 9.31. The van der Waals surface area contributed by atoms with Gasteiger partial charge in [0, 0.05) is 0 Å². The zero-order valence-electron chi connectivity index (χ0n) is 8.29. The van der Waals surface area contributed by atoms with Crippen LogP contribution in [0.1, 0.15) is 45.4 Å². The zero-order valence-corrected chi connectivity index (χ0v) is 8.29. The number of fused-ring (bicyclic) bond motifs is 2. The van der Waals surface area contributed by atoms with Gasteiger partial charge in [-0.1, -0.05) is 19.8 Å². The van der Waals surface area contributed by atoms with Crippen LogP contribution in [0.15, 0.2) is 0 Å². The average molecular weight is 182 g/mol. The number of hydrogen-bond donors (Lipinski definition) is 0. The Morgan fingerprint density at radius 2 is 2.38 bits per heavy atom. The third-order valence-electron chi connectivity index (χ3n) is 3.59. The quantitative estimate of drug-likeness (QED) is 0.624. The van der Waals surface area contributed by atoms with Crippen LogP contribution in [0.4, 0.5) is 0 Å². The highest BCUT2D eigenvalue weighted by atomic mass is 16.5. The van der Waals surface area contributed by atoms with E-state index in [0.717, 1.165) is 25.7 Å². The van der Waals surface area contributed by atoms with Gasteiger partial charge < -0.3 is 9.53 Å². The Morgan fingerprint density at radius 3 is 2.85 bits per heavy atom. The molecule has 0 saturated carbocycles. The molecule has 2 rings (SSSR count). The summed E-state index contributed by atoms with van der Waals surface area (Å²) in [5.41, 5.74) is -0.0983. The van der Waals surface area contributed by atoms with Crippen molar-refractivity contribution in [3.8, 4) is 0 Å². The van der Waals surface area contributed by atoms with Crippen LogP contribution in [0.2, 0.25) is 0 Å². The lowest BCUT2D eigenvalue weighted by Crippen LogP contribution is -2.33. The van der Waals surface area contributed by atoms with Gasteiger partial charge in [-0.2, -0.15) is 0 Å². The summed E-state index contributed by atoms with van der Waals surface area (Å²) in [4.78, 5) is 11.1. The maximum Gasteiger partial charge on any atom is 0.128 e. The van der Waals surface area contributed by atoms with Crippen LogP contribution in [0.3, 0.4) is 0 Å². The van der Waals surface area contributed by atoms with E-state index in [1.54, 1.807) is 0 Å². The molecule has 2 bridgehead atoms. The van der Waals surface area contributed by atoms with Crippen molar-refractivity contribution in [3.63, 3.8) is 0 Å². The molecule has 74 valence electrons. The molecule has 3 unspecified atom stereocenters. The normalized spacial score (nSPS) is 42.5. The Hall–Kier alpha value is -0.370. The number of aldehydes is 1. The van der Waals surface area contributed by atoms with Gasteiger partial charge in [0.2, 0.25) is 0 Å². The van der Waals surface area contributed by atoms with E-state index in [9.17, 15) is 4.79 Å². The minimum Gasteiger partial charge on any atom is -0.374 e. The third-order valence-corrected chi connectivity index (χ3v) is 3.59. The van der Waals surface area contributed by atoms with E-state index in [-0.39, 0.29) is 11.5 Å². The third kappa shape index (κ3) is 1.41. The molecule has 13 heavy (non-hydrogen) atoms. The van der Waals surface area contributed by atoms with Gasteiger partial charge in [0.05, 0.1) is 17.6 Å². The van der Waals surface area contributed by atoms with E-state index in [2.05, 4.69) is 6.92 Å². The molecule has 3 atom stereocenters. The molecule has 0 N–H and O–H groups in total. The Morgan fingerprint density at radius 1 is 1.54 bits per heavy atom. The van der Waals surface area contributed by atoms with Gasteiger partial charge in [-0.3, -0.25) is 0 Å². The Labute approximate surface area is 79.7 Å². The standard InChI is InChI=1S/C11H18O2/c1-2-3-6-11(8-12)7-9-4-5-10(11)13-9/h8-10H,2-7H2,1H3. The maximum absolute atomic E-state index is 11.1. The number of rotatable bonds is 4. The highest BCUT2D eigenvalue weighted by Crippen LogP contribution is 2.49. The SMILES string of the molecule is CCCCC1(C=O)CC2CCC1O2. The molecule has 2 heteroatoms. The van der Waals surface area contributed by atoms with Crippen molar-refractivity contribution >= 4 is 6.29 Å². The van der Waals surface area contributed by atoms with E-state index >= 15 is 0 Å². The van der Waals surface area contributed by atoms with Gasteiger partial charge in [0.1, 0.15) is 6.29 Å². The first-order valence-corrected chi connectivity index (χ1v) is 5.42. The molecule has 2 nitrogen and oxygen atoms in total. The monoisotopic (exact) mass is 182 g/mol. The first kappa shape index (κ1) is 9.20. The summed E-state index contributed by atoms with van der Waals surface area (Å²) < 4.78 is 5.74. The second-order valence-electron chi connectivity index (χ2n) is 4.48. The summed E-state index contributed by atoms with van der Waals surface area (Å²) in [6, 6.07) is 0. The molecule has 0 amide bonds. The van der Waals surface area contributed by atoms with Crippen molar-refractivity contribution in [2.24, 2.45) is 5.41 Å². The number of unbranched alkanes of at least 4 members (excludes halogenated alkanes) is 1. The summed E-state index contributed by atoms with van der Waals surface area (Å²) in [6.45, 7) is 2.17. The number of hydrogen-bond acceptors (Lipinski definition) is 2. The topological polar surface area (TPSA) is 26.3 Å². The molecule has 2 saturated heterocycles. The lowest BCUT2D eigenvalue weighted by Gasteiger charge is -2.29. The van der Waals surface area contributed by atoms with Crippen molar-refractivity contribution in [1.82, 2.24) is 0 Å². The Balaban J connectivity index is 2.03. The molecular weight excluding hydrogens is 164 g/mol. The van der Waals surface area contributed by atoms with Crippen LogP contribution in [0.5, 0.6) is 0 Å². The minimum atomic E-state index is -0.0983. The fourth-order valence-electron chi connectivity index (χ4n) is 2.79. The fourth-order valence-corrected chi connectivity index (χ4v) is 2.79. The van der Waals surface area contributed by atoms with Crippen molar-refractivity contribution in [2.75, 3.05) is 0 Å². The maximum atomic E-state index is 11.1. The highest BCUT2D eigenvalue weighted by Gasteiger charge is 2.51. The van der Waals surface area contributed by atoms with Crippen LogP contribution in [-0.2, 0) is 9.53 Å². The van der Waals surface area contributed by atoms with Gasteiger partial charge in [0.25, 0.3) is 0 Å². The summed E-state index contributed by atoms with van der Waals surface area (Å²) in [5.74, 6) is 0. The van der Waals surface area contributed by atoms with E-state index in [1.165, 1.54) is 19.1 Å². The van der Waals surface area contributed by atoms with E-state index in [0.29, 0.717) is 6.10 Å². The molecular formula is C11H18O2. The lowest BCUT2D eigenvalue weighted by molar-refractivity contribution is -0.119. The van der Waals surface area contributed by atoms with E-state index in [4.69, 9.17) is 4.74 Å². The van der Waals surface area contributed by atoms with Crippen LogP contribution < -0.4 is 0 Å². The van der Waals surface area contributed by atoms with Crippen molar-refractivity contribution in [1.29, 1.82) is 0 Å². The predicted molar refractivity (Wildman–Crippen MR) is 50.5 cm³/mol. The lowest BCUT2D eigenvalue weighted by atomic mass is 9.72. The van der Waals surface area contributed by atoms with Crippen molar-refractivity contribution in [3.05, 3.63) is 0 Å². The van der Waals surface area contributed by atoms with Crippen molar-refractivity contribution < 1.29 is 9.53 Å². The summed E-state index contributed by atoms with van der Waals surface area (Å²) in [7, 11) is 0. The van der Waals surface area contributed by atoms with Gasteiger partial charge in [-0.25, -0.2) is 0 Å². The number of carbonyl (C=O) groups is 1. The second-order valence-corrected chi connectivity index (χ2v) is 4.48. The van der Waals surface area contributed by atoms with Crippen LogP contribution >= 0.6 is 0 Å². The molecule has 0 spiro atoms. The molecule has 2 fully saturated rings. The molecule has 0 radical (unpaired) electrons. The fraction of sp³-hybridized carbons (Fsp3) is 0.909. The summed E-state index contributed by atoms with van der Waals surface area (Å²) in [6.07, 6.45) is 8.45. The molecule has 0 aliphatic carbocycles. The Kier molecular flexibility index (Phi) is 2.41. The molecule has 0 aromatic carbocycles. The molecule has 0 aromatic rings. The average Bonchev–Trinajstić information content (AvgIpc) is 2.74.